The minimum atomic E-state index is 0. The molecule has 0 aliphatic heterocycles. The summed E-state index contributed by atoms with van der Waals surface area (Å²) in [5.74, 6) is 2.13. The van der Waals surface area contributed by atoms with Gasteiger partial charge in [0, 0.05) is 34.9 Å². The molecule has 0 bridgehead atoms. The van der Waals surface area contributed by atoms with Crippen LogP contribution in [0.1, 0.15) is 26.3 Å². The molecular formula is C36H25N3OPtS. The van der Waals surface area contributed by atoms with Gasteiger partial charge in [0.15, 0.2) is 0 Å². The first-order chi connectivity index (χ1) is 19.9. The Bertz CT molecular complexity index is 2280. The van der Waals surface area contributed by atoms with Crippen molar-refractivity contribution < 1.29 is 25.8 Å². The van der Waals surface area contributed by atoms with Gasteiger partial charge < -0.3 is 9.30 Å². The molecule has 4 nitrogen and oxygen atoms in total. The maximum Gasteiger partial charge on any atom is 2.00 e. The van der Waals surface area contributed by atoms with E-state index >= 15 is 0 Å². The summed E-state index contributed by atoms with van der Waals surface area (Å²) in [6.07, 6.45) is 3.82. The van der Waals surface area contributed by atoms with Gasteiger partial charge in [-0.05, 0) is 50.7 Å². The van der Waals surface area contributed by atoms with Gasteiger partial charge in [-0.1, -0.05) is 84.9 Å². The minimum absolute atomic E-state index is 0. The van der Waals surface area contributed by atoms with Crippen molar-refractivity contribution in [1.29, 1.82) is 0 Å². The summed E-state index contributed by atoms with van der Waals surface area (Å²) in [6, 6.07) is 36.2. The summed E-state index contributed by atoms with van der Waals surface area (Å²) in [5, 5.41) is 5.57. The molecule has 0 fully saturated rings. The number of hydrogen-bond acceptors (Lipinski definition) is 4. The van der Waals surface area contributed by atoms with Gasteiger partial charge >= 0.3 is 21.1 Å². The van der Waals surface area contributed by atoms with Gasteiger partial charge in [-0.2, -0.15) is 17.4 Å². The number of para-hydroxylation sites is 1. The molecule has 6 heteroatoms. The molecule has 0 unspecified atom stereocenters. The molecule has 0 spiro atoms. The summed E-state index contributed by atoms with van der Waals surface area (Å²) < 4.78 is 10.9. The third kappa shape index (κ3) is 4.31. The summed E-state index contributed by atoms with van der Waals surface area (Å²) in [6.45, 7) is 6.65. The first-order valence-corrected chi connectivity index (χ1v) is 14.5. The monoisotopic (exact) mass is 742 g/mol. The summed E-state index contributed by atoms with van der Waals surface area (Å²) in [5.41, 5.74) is 4.28. The molecule has 0 radical (unpaired) electrons. The van der Waals surface area contributed by atoms with Crippen LogP contribution < -0.4 is 4.74 Å². The quantitative estimate of drug-likeness (QED) is 0.169. The van der Waals surface area contributed by atoms with Crippen LogP contribution in [0.3, 0.4) is 0 Å². The third-order valence-corrected chi connectivity index (χ3v) is 8.81. The number of thiophene rings is 1. The predicted molar refractivity (Wildman–Crippen MR) is 170 cm³/mol. The molecule has 4 aromatic carbocycles. The molecule has 0 saturated heterocycles. The van der Waals surface area contributed by atoms with E-state index in [1.807, 2.05) is 42.7 Å². The molecule has 42 heavy (non-hydrogen) atoms. The fraction of sp³-hybridized carbons (Fsp3) is 0.111. The van der Waals surface area contributed by atoms with Crippen molar-refractivity contribution in [1.82, 2.24) is 14.5 Å². The molecule has 8 aromatic rings. The fourth-order valence-corrected chi connectivity index (χ4v) is 6.67. The van der Waals surface area contributed by atoms with Crippen molar-refractivity contribution in [2.45, 2.75) is 26.2 Å². The van der Waals surface area contributed by atoms with Crippen molar-refractivity contribution in [3.05, 3.63) is 115 Å². The van der Waals surface area contributed by atoms with Crippen molar-refractivity contribution in [3.63, 3.8) is 0 Å². The Kier molecular flexibility index (Phi) is 6.41. The fourth-order valence-electron chi connectivity index (χ4n) is 5.61. The number of ether oxygens (including phenoxy) is 1. The average Bonchev–Trinajstić information content (AvgIpc) is 3.52. The number of rotatable bonds is 3. The summed E-state index contributed by atoms with van der Waals surface area (Å²) >= 11 is 1.76. The molecule has 206 valence electrons. The van der Waals surface area contributed by atoms with E-state index in [0.717, 1.165) is 54.0 Å². The van der Waals surface area contributed by atoms with Crippen LogP contribution in [-0.4, -0.2) is 14.5 Å². The number of pyridine rings is 2. The Morgan fingerprint density at radius 3 is 2.40 bits per heavy atom. The first kappa shape index (κ1) is 26.8. The van der Waals surface area contributed by atoms with Gasteiger partial charge in [0.25, 0.3) is 0 Å². The zero-order chi connectivity index (χ0) is 27.7. The number of nitrogens with zero attached hydrogens (tertiary/aromatic N) is 3. The van der Waals surface area contributed by atoms with E-state index in [9.17, 15) is 0 Å². The van der Waals surface area contributed by atoms with Crippen molar-refractivity contribution in [3.8, 4) is 17.3 Å². The van der Waals surface area contributed by atoms with Crippen LogP contribution in [0.15, 0.2) is 97.3 Å². The van der Waals surface area contributed by atoms with Crippen LogP contribution in [0, 0.1) is 12.1 Å². The van der Waals surface area contributed by atoms with Crippen LogP contribution >= 0.6 is 11.3 Å². The minimum Gasteiger partial charge on any atom is -0.503 e. The second kappa shape index (κ2) is 10.0. The van der Waals surface area contributed by atoms with E-state index in [4.69, 9.17) is 9.72 Å². The summed E-state index contributed by atoms with van der Waals surface area (Å²) in [7, 11) is 0. The molecule has 0 aliphatic rings. The second-order valence-corrected chi connectivity index (χ2v) is 12.5. The maximum absolute atomic E-state index is 6.41. The molecule has 0 aliphatic carbocycles. The largest absolute Gasteiger partial charge is 2.00 e. The SMILES string of the molecule is CC(C)(C)c1cnc2c(ccc3sc4ccc(Oc5[c-]c6c(cc5)c5ccccc5n6-c5ccccn5)[c-]c4c32)c1.[Pt+2]. The molecule has 4 heterocycles. The first-order valence-electron chi connectivity index (χ1n) is 13.7. The molecule has 8 rings (SSSR count). The molecule has 0 amide bonds. The van der Waals surface area contributed by atoms with E-state index in [2.05, 4.69) is 97.1 Å². The van der Waals surface area contributed by atoms with Crippen LogP contribution in [0.5, 0.6) is 11.5 Å². The van der Waals surface area contributed by atoms with Gasteiger partial charge in [-0.15, -0.1) is 29.0 Å². The molecule has 0 saturated carbocycles. The average molecular weight is 743 g/mol. The summed E-state index contributed by atoms with van der Waals surface area (Å²) in [4.78, 5) is 9.56. The van der Waals surface area contributed by atoms with Crippen LogP contribution in [0.4, 0.5) is 0 Å². The Hall–Kier alpha value is -4.05. The van der Waals surface area contributed by atoms with E-state index < -0.39 is 0 Å². The topological polar surface area (TPSA) is 39.9 Å². The van der Waals surface area contributed by atoms with E-state index in [1.165, 1.54) is 10.3 Å². The molecule has 4 aromatic heterocycles. The van der Waals surface area contributed by atoms with Crippen molar-refractivity contribution in [2.24, 2.45) is 0 Å². The molecular weight excluding hydrogens is 718 g/mol. The van der Waals surface area contributed by atoms with Crippen molar-refractivity contribution >= 4 is 64.2 Å². The van der Waals surface area contributed by atoms with E-state index in [0.29, 0.717) is 11.5 Å². The van der Waals surface area contributed by atoms with E-state index in [-0.39, 0.29) is 26.5 Å². The van der Waals surface area contributed by atoms with Crippen LogP contribution in [0.25, 0.3) is 58.7 Å². The van der Waals surface area contributed by atoms with E-state index in [1.54, 1.807) is 11.3 Å². The number of hydrogen-bond donors (Lipinski definition) is 0. The Labute approximate surface area is 261 Å². The molecule has 0 N–H and O–H groups in total. The number of benzene rings is 4. The Balaban J connectivity index is 0.00000288. The smallest absolute Gasteiger partial charge is 0.503 e. The predicted octanol–water partition coefficient (Wildman–Crippen LogP) is 9.78. The zero-order valence-electron chi connectivity index (χ0n) is 23.2. The standard InChI is InChI=1S/C36H25N3OS.Pt/c1-36(2,3)23-18-22-11-15-32-34(35(22)38-21-23)28-19-24(13-16-31(28)41-32)40-25-12-14-27-26-8-4-5-9-29(26)39(30(27)20-25)33-10-6-7-17-37-33;/h4-18,21H,1-3H3;/q-2;+2. The molecule has 0 atom stereocenters. The van der Waals surface area contributed by atoms with Gasteiger partial charge in [-0.25, -0.2) is 4.98 Å². The van der Waals surface area contributed by atoms with Gasteiger partial charge in [-0.3, -0.25) is 4.98 Å². The number of aromatic nitrogens is 3. The van der Waals surface area contributed by atoms with Crippen LogP contribution in [0.2, 0.25) is 0 Å². The number of fused-ring (bicyclic) bond motifs is 8. The Morgan fingerprint density at radius 1 is 0.786 bits per heavy atom. The van der Waals surface area contributed by atoms with Gasteiger partial charge in [0.05, 0.1) is 0 Å². The van der Waals surface area contributed by atoms with Gasteiger partial charge in [0.1, 0.15) is 5.82 Å². The third-order valence-electron chi connectivity index (χ3n) is 7.69. The Morgan fingerprint density at radius 2 is 1.57 bits per heavy atom. The maximum atomic E-state index is 6.41. The van der Waals surface area contributed by atoms with Crippen molar-refractivity contribution in [2.75, 3.05) is 0 Å². The normalized spacial score (nSPS) is 12.0. The van der Waals surface area contributed by atoms with Gasteiger partial charge in [0.2, 0.25) is 0 Å². The van der Waals surface area contributed by atoms with Crippen LogP contribution in [-0.2, 0) is 26.5 Å². The zero-order valence-corrected chi connectivity index (χ0v) is 26.3. The second-order valence-electron chi connectivity index (χ2n) is 11.4.